The third-order valence-corrected chi connectivity index (χ3v) is 9.74. The third-order valence-electron chi connectivity index (χ3n) is 8.54. The number of rotatable bonds is 0. The predicted octanol–water partition coefficient (Wildman–Crippen LogP) is 16.7. The van der Waals surface area contributed by atoms with E-state index < -0.39 is 0 Å². The SMILES string of the molecule is CC(C)(C)C1=CCC=N1.CC(C)(C)c1ccccn1.CC(C)(C)c1nccs1.CC(C)(C)n1cccc1.CC(C)(C)n1cccc1.CC(C)(C)n1cccn1.CC(C)C.c1ccccc1. The van der Waals surface area contributed by atoms with Crippen LogP contribution in [0.4, 0.5) is 0 Å². The number of allylic oxidation sites excluding steroid dienone is 2. The Labute approximate surface area is 402 Å². The van der Waals surface area contributed by atoms with Gasteiger partial charge in [0.1, 0.15) is 0 Å². The minimum atomic E-state index is 0.128. The van der Waals surface area contributed by atoms with Crippen molar-refractivity contribution in [3.63, 3.8) is 0 Å². The Balaban J connectivity index is 0.000000727. The van der Waals surface area contributed by atoms with Crippen LogP contribution in [0.25, 0.3) is 0 Å². The Bertz CT molecular complexity index is 1810. The van der Waals surface area contributed by atoms with E-state index in [-0.39, 0.29) is 32.9 Å². The van der Waals surface area contributed by atoms with Crippen molar-refractivity contribution in [2.24, 2.45) is 16.3 Å². The molecule has 0 unspecified atom stereocenters. The summed E-state index contributed by atoms with van der Waals surface area (Å²) in [5.41, 5.74) is 3.64. The standard InChI is InChI=1S/C9H13N.3C8H13N.C7H12N2.C7H11NS.C6H6.C4H10/c1-9(2,3)8-6-4-5-7-10-8;2*1-8(2,3)9-6-4-5-7-9;1-8(2,3)7-5-4-6-9-7;1-7(2,3)9-6-4-5-8-9;1-7(2,3)6-8-4-5-9-6;1-2-4-6-5-3-1;1-4(2)3/h4-7H,1-3H3;2*4-7H,1-3H3;5-6H,4H2,1-3H3;4-6H,1-3H3;4-5H,1-3H3;1-6H;4H,1-3H3. The third kappa shape index (κ3) is 30.1. The summed E-state index contributed by atoms with van der Waals surface area (Å²) in [5.74, 6) is 0.833. The highest BCUT2D eigenvalue weighted by atomic mass is 32.1. The summed E-state index contributed by atoms with van der Waals surface area (Å²) < 4.78 is 6.31. The quantitative estimate of drug-likeness (QED) is 0.153. The lowest BCUT2D eigenvalue weighted by Crippen LogP contribution is -2.21. The van der Waals surface area contributed by atoms with E-state index in [9.17, 15) is 0 Å². The first kappa shape index (κ1) is 60.2. The van der Waals surface area contributed by atoms with Crippen LogP contribution in [0.1, 0.15) is 163 Å². The minimum Gasteiger partial charge on any atom is -0.349 e. The van der Waals surface area contributed by atoms with E-state index in [1.165, 1.54) is 10.7 Å². The topological polar surface area (TPSA) is 65.8 Å². The highest BCUT2D eigenvalue weighted by Crippen LogP contribution is 2.28. The van der Waals surface area contributed by atoms with Gasteiger partial charge in [0.25, 0.3) is 0 Å². The van der Waals surface area contributed by atoms with Crippen LogP contribution < -0.4 is 0 Å². The zero-order valence-corrected chi connectivity index (χ0v) is 45.6. The van der Waals surface area contributed by atoms with Gasteiger partial charge in [0.05, 0.1) is 10.5 Å². The summed E-state index contributed by atoms with van der Waals surface area (Å²) in [6.45, 7) is 45.5. The van der Waals surface area contributed by atoms with Gasteiger partial charge in [-0.15, -0.1) is 11.3 Å². The fraction of sp³-hybridized carbons (Fsp3) is 0.509. The molecular formula is C57H91N7S. The van der Waals surface area contributed by atoms with Crippen molar-refractivity contribution in [2.75, 3.05) is 0 Å². The zero-order valence-electron chi connectivity index (χ0n) is 44.8. The number of nitrogens with zero attached hydrogens (tertiary/aromatic N) is 7. The van der Waals surface area contributed by atoms with Crippen molar-refractivity contribution in [3.05, 3.63) is 162 Å². The Kier molecular flexibility index (Phi) is 26.8. The second-order valence-corrected chi connectivity index (χ2v) is 23.4. The van der Waals surface area contributed by atoms with Gasteiger partial charge in [0.15, 0.2) is 0 Å². The number of pyridine rings is 1. The number of benzene rings is 1. The summed E-state index contributed by atoms with van der Waals surface area (Å²) in [6, 6.07) is 28.1. The molecule has 0 amide bonds. The summed E-state index contributed by atoms with van der Waals surface area (Å²) in [5, 5.41) is 7.33. The molecule has 0 radical (unpaired) electrons. The van der Waals surface area contributed by atoms with Crippen molar-refractivity contribution in [1.82, 2.24) is 28.9 Å². The maximum Gasteiger partial charge on any atom is 0.0978 e. The Morgan fingerprint density at radius 3 is 1.12 bits per heavy atom. The summed E-state index contributed by atoms with van der Waals surface area (Å²) in [7, 11) is 0. The lowest BCUT2D eigenvalue weighted by molar-refractivity contribution is 0.355. The van der Waals surface area contributed by atoms with E-state index in [1.807, 2.05) is 114 Å². The summed E-state index contributed by atoms with van der Waals surface area (Å²) in [4.78, 5) is 12.7. The molecule has 6 heterocycles. The van der Waals surface area contributed by atoms with Crippen LogP contribution in [0.15, 0.2) is 157 Å². The first-order valence-electron chi connectivity index (χ1n) is 23.2. The number of aromatic nitrogens is 6. The highest BCUT2D eigenvalue weighted by Gasteiger charge is 2.17. The normalized spacial score (nSPS) is 12.2. The van der Waals surface area contributed by atoms with Crippen molar-refractivity contribution in [2.45, 2.75) is 179 Å². The van der Waals surface area contributed by atoms with Crippen LogP contribution in [0, 0.1) is 11.3 Å². The molecule has 0 fully saturated rings. The van der Waals surface area contributed by atoms with E-state index in [2.05, 4.69) is 212 Å². The van der Waals surface area contributed by atoms with Gasteiger partial charge in [-0.3, -0.25) is 14.7 Å². The molecular weight excluding hydrogens is 815 g/mol. The van der Waals surface area contributed by atoms with Gasteiger partial charge in [0, 0.05) is 106 Å². The minimum absolute atomic E-state index is 0.128. The molecule has 0 saturated heterocycles. The lowest BCUT2D eigenvalue weighted by Gasteiger charge is -2.20. The molecule has 7 rings (SSSR count). The number of aliphatic imine (C=N–C) groups is 1. The molecule has 6 aromatic rings. The van der Waals surface area contributed by atoms with E-state index in [4.69, 9.17) is 0 Å². The van der Waals surface area contributed by atoms with Gasteiger partial charge >= 0.3 is 0 Å². The number of thiazole rings is 1. The van der Waals surface area contributed by atoms with Crippen LogP contribution in [-0.2, 0) is 27.4 Å². The molecule has 0 N–H and O–H groups in total. The van der Waals surface area contributed by atoms with E-state index in [0.717, 1.165) is 18.0 Å². The maximum atomic E-state index is 4.25. The van der Waals surface area contributed by atoms with Gasteiger partial charge in [-0.25, -0.2) is 4.98 Å². The van der Waals surface area contributed by atoms with Crippen LogP contribution in [-0.4, -0.2) is 35.1 Å². The fourth-order valence-corrected chi connectivity index (χ4v) is 5.61. The first-order chi connectivity index (χ1) is 29.9. The molecule has 7 nitrogen and oxygen atoms in total. The smallest absolute Gasteiger partial charge is 0.0978 e. The monoisotopic (exact) mass is 906 g/mol. The predicted molar refractivity (Wildman–Crippen MR) is 287 cm³/mol. The molecule has 0 saturated carbocycles. The van der Waals surface area contributed by atoms with Crippen molar-refractivity contribution >= 4 is 17.6 Å². The molecule has 8 heteroatoms. The average molecular weight is 906 g/mol. The van der Waals surface area contributed by atoms with Gasteiger partial charge in [-0.2, -0.15) is 5.10 Å². The maximum absolute atomic E-state index is 4.25. The molecule has 0 aliphatic carbocycles. The first-order valence-corrected chi connectivity index (χ1v) is 24.1. The average Bonchev–Trinajstić information content (AvgIpc) is 4.05. The zero-order chi connectivity index (χ0) is 50.0. The fourth-order valence-electron chi connectivity index (χ4n) is 4.88. The van der Waals surface area contributed by atoms with Gasteiger partial charge in [-0.1, -0.05) is 132 Å². The van der Waals surface area contributed by atoms with Gasteiger partial charge in [0.2, 0.25) is 0 Å². The molecule has 65 heavy (non-hydrogen) atoms. The molecule has 360 valence electrons. The van der Waals surface area contributed by atoms with E-state index in [1.54, 1.807) is 17.5 Å². The molecule has 0 spiro atoms. The Morgan fingerprint density at radius 2 is 0.938 bits per heavy atom. The largest absolute Gasteiger partial charge is 0.349 e. The van der Waals surface area contributed by atoms with Gasteiger partial charge < -0.3 is 9.13 Å². The van der Waals surface area contributed by atoms with Crippen molar-refractivity contribution in [3.8, 4) is 0 Å². The second-order valence-electron chi connectivity index (χ2n) is 22.5. The molecule has 1 aliphatic rings. The summed E-state index contributed by atoms with van der Waals surface area (Å²) in [6.07, 6.45) is 20.9. The second kappa shape index (κ2) is 29.0. The number of hydrogen-bond acceptors (Lipinski definition) is 5. The molecule has 5 aromatic heterocycles. The van der Waals surface area contributed by atoms with Crippen LogP contribution in [0.2, 0.25) is 0 Å². The highest BCUT2D eigenvalue weighted by molar-refractivity contribution is 7.09. The molecule has 1 aromatic carbocycles. The summed E-state index contributed by atoms with van der Waals surface area (Å²) >= 11 is 1.72. The van der Waals surface area contributed by atoms with E-state index in [0.29, 0.717) is 0 Å². The Morgan fingerprint density at radius 1 is 0.477 bits per heavy atom. The van der Waals surface area contributed by atoms with Crippen LogP contribution in [0.5, 0.6) is 0 Å². The van der Waals surface area contributed by atoms with E-state index >= 15 is 0 Å². The lowest BCUT2D eigenvalue weighted by atomic mass is 9.92. The number of hydrogen-bond donors (Lipinski definition) is 0. The molecule has 0 atom stereocenters. The van der Waals surface area contributed by atoms with Crippen LogP contribution in [0.3, 0.4) is 0 Å². The molecule has 1 aliphatic heterocycles. The van der Waals surface area contributed by atoms with Crippen LogP contribution >= 0.6 is 11.3 Å². The van der Waals surface area contributed by atoms with Crippen molar-refractivity contribution < 1.29 is 0 Å². The van der Waals surface area contributed by atoms with Gasteiger partial charge in [-0.05, 0) is 111 Å². The Hall–Kier alpha value is -4.82. The van der Waals surface area contributed by atoms with Crippen molar-refractivity contribution in [1.29, 1.82) is 0 Å². The molecule has 0 bridgehead atoms.